The quantitative estimate of drug-likeness (QED) is 0.635. The zero-order valence-electron chi connectivity index (χ0n) is 14.9. The summed E-state index contributed by atoms with van der Waals surface area (Å²) < 4.78 is 29.7. The molecule has 3 rings (SSSR count). The average molecular weight is 390 g/mol. The highest BCUT2D eigenvalue weighted by atomic mass is 32.2. The van der Waals surface area contributed by atoms with Crippen LogP contribution in [0.4, 0.5) is 0 Å². The van der Waals surface area contributed by atoms with Gasteiger partial charge in [0.2, 0.25) is 5.91 Å². The Morgan fingerprint density at radius 2 is 2.04 bits per heavy atom. The Kier molecular flexibility index (Phi) is 6.04. The number of ether oxygens (including phenoxy) is 1. The second kappa shape index (κ2) is 8.47. The number of aromatic nitrogens is 1. The van der Waals surface area contributed by atoms with E-state index in [4.69, 9.17) is 4.74 Å². The Hall–Kier alpha value is -2.49. The predicted octanol–water partition coefficient (Wildman–Crippen LogP) is 0.588. The summed E-state index contributed by atoms with van der Waals surface area (Å²) in [6.07, 6.45) is 4.00. The van der Waals surface area contributed by atoms with Crippen molar-refractivity contribution in [2.45, 2.75) is 23.4 Å². The predicted molar refractivity (Wildman–Crippen MR) is 99.7 cm³/mol. The smallest absolute Gasteiger partial charge is 0.238 e. The minimum atomic E-state index is -3.47. The number of sulfone groups is 1. The zero-order valence-corrected chi connectivity index (χ0v) is 15.7. The molecule has 2 atom stereocenters. The molecule has 0 bridgehead atoms. The molecule has 1 aliphatic rings. The fraction of sp³-hybridized carbons (Fsp3) is 0.333. The Morgan fingerprint density at radius 1 is 1.26 bits per heavy atom. The van der Waals surface area contributed by atoms with Crippen molar-refractivity contribution in [1.29, 1.82) is 0 Å². The molecule has 1 saturated heterocycles. The largest absolute Gasteiger partial charge is 0.497 e. The molecule has 9 heteroatoms. The number of nitrogens with zero attached hydrogens (tertiary/aromatic N) is 1. The summed E-state index contributed by atoms with van der Waals surface area (Å²) in [5.41, 5.74) is 7.00. The topological polar surface area (TPSA) is 109 Å². The van der Waals surface area contributed by atoms with Crippen LogP contribution in [0.25, 0.3) is 0 Å². The normalized spacial score (nSPS) is 19.6. The number of methoxy groups -OCH3 is 1. The standard InChI is InChI=1S/C18H22N4O4S/c1-26-14-4-6-15(7-5-14)27(24,25)10-9-20-18(23)17-11-16(21-22-17)13-3-2-8-19-12-13/h2-8,12,16-17,21-22H,9-11H2,1H3,(H,20,23). The molecule has 1 aromatic heterocycles. The second-order valence-corrected chi connectivity index (χ2v) is 8.31. The van der Waals surface area contributed by atoms with Crippen LogP contribution in [0.2, 0.25) is 0 Å². The summed E-state index contributed by atoms with van der Waals surface area (Å²) >= 11 is 0. The molecule has 1 fully saturated rings. The van der Waals surface area contributed by atoms with Crippen LogP contribution in [-0.4, -0.2) is 44.8 Å². The van der Waals surface area contributed by atoms with Gasteiger partial charge in [-0.3, -0.25) is 9.78 Å². The molecule has 1 aliphatic heterocycles. The Morgan fingerprint density at radius 3 is 2.70 bits per heavy atom. The molecule has 3 N–H and O–H groups in total. The van der Waals surface area contributed by atoms with E-state index in [1.54, 1.807) is 24.5 Å². The van der Waals surface area contributed by atoms with Gasteiger partial charge < -0.3 is 10.1 Å². The molecule has 2 aromatic rings. The number of rotatable bonds is 7. The maximum Gasteiger partial charge on any atom is 0.238 e. The van der Waals surface area contributed by atoms with Gasteiger partial charge in [0, 0.05) is 25.0 Å². The zero-order chi connectivity index (χ0) is 19.3. The van der Waals surface area contributed by atoms with E-state index in [0.717, 1.165) is 5.56 Å². The van der Waals surface area contributed by atoms with Crippen molar-refractivity contribution in [3.05, 3.63) is 54.4 Å². The minimum Gasteiger partial charge on any atom is -0.497 e. The molecule has 0 aliphatic carbocycles. The number of carbonyl (C=O) groups is 1. The number of nitrogens with one attached hydrogen (secondary N) is 3. The highest BCUT2D eigenvalue weighted by molar-refractivity contribution is 7.91. The number of amides is 1. The van der Waals surface area contributed by atoms with Gasteiger partial charge >= 0.3 is 0 Å². The molecule has 144 valence electrons. The second-order valence-electron chi connectivity index (χ2n) is 6.20. The Balaban J connectivity index is 1.49. The van der Waals surface area contributed by atoms with Crippen LogP contribution >= 0.6 is 0 Å². The number of benzene rings is 1. The third kappa shape index (κ3) is 4.82. The Labute approximate surface area is 158 Å². The molecular weight excluding hydrogens is 368 g/mol. The van der Waals surface area contributed by atoms with Crippen molar-refractivity contribution in [2.24, 2.45) is 0 Å². The third-order valence-electron chi connectivity index (χ3n) is 4.40. The average Bonchev–Trinajstić information content (AvgIpc) is 3.19. The first kappa shape index (κ1) is 19.3. The summed E-state index contributed by atoms with van der Waals surface area (Å²) in [6.45, 7) is 0.0446. The van der Waals surface area contributed by atoms with Gasteiger partial charge in [0.05, 0.1) is 17.8 Å². The van der Waals surface area contributed by atoms with E-state index in [1.165, 1.54) is 19.2 Å². The van der Waals surface area contributed by atoms with Crippen LogP contribution in [0, 0.1) is 0 Å². The first-order valence-electron chi connectivity index (χ1n) is 8.55. The molecule has 0 saturated carbocycles. The van der Waals surface area contributed by atoms with Gasteiger partial charge in [-0.25, -0.2) is 19.3 Å². The van der Waals surface area contributed by atoms with Gasteiger partial charge in [-0.1, -0.05) is 6.07 Å². The van der Waals surface area contributed by atoms with E-state index < -0.39 is 15.9 Å². The van der Waals surface area contributed by atoms with Gasteiger partial charge in [-0.15, -0.1) is 0 Å². The maximum absolute atomic E-state index is 12.3. The number of hydrogen-bond donors (Lipinski definition) is 3. The lowest BCUT2D eigenvalue weighted by Crippen LogP contribution is -2.44. The molecule has 1 amide bonds. The van der Waals surface area contributed by atoms with Crippen molar-refractivity contribution in [3.8, 4) is 5.75 Å². The lowest BCUT2D eigenvalue weighted by molar-refractivity contribution is -0.122. The summed E-state index contributed by atoms with van der Waals surface area (Å²) in [5.74, 6) is 0.182. The van der Waals surface area contributed by atoms with Crippen LogP contribution in [0.15, 0.2) is 53.7 Å². The first-order valence-corrected chi connectivity index (χ1v) is 10.2. The van der Waals surface area contributed by atoms with E-state index in [0.29, 0.717) is 12.2 Å². The SMILES string of the molecule is COc1ccc(S(=O)(=O)CCNC(=O)C2CC(c3cccnc3)NN2)cc1. The third-order valence-corrected chi connectivity index (χ3v) is 6.13. The van der Waals surface area contributed by atoms with Gasteiger partial charge in [0.15, 0.2) is 9.84 Å². The highest BCUT2D eigenvalue weighted by Gasteiger charge is 2.30. The summed E-state index contributed by atoms with van der Waals surface area (Å²) in [6, 6.07) is 9.52. The van der Waals surface area contributed by atoms with Gasteiger partial charge in [0.1, 0.15) is 11.8 Å². The van der Waals surface area contributed by atoms with Crippen LogP contribution in [0.5, 0.6) is 5.75 Å². The fourth-order valence-corrected chi connectivity index (χ4v) is 4.02. The summed E-state index contributed by atoms with van der Waals surface area (Å²) in [7, 11) is -1.96. The molecule has 0 spiro atoms. The summed E-state index contributed by atoms with van der Waals surface area (Å²) in [5, 5.41) is 2.68. The van der Waals surface area contributed by atoms with Crippen LogP contribution in [-0.2, 0) is 14.6 Å². The van der Waals surface area contributed by atoms with E-state index >= 15 is 0 Å². The molecule has 8 nitrogen and oxygen atoms in total. The van der Waals surface area contributed by atoms with Gasteiger partial charge in [0.25, 0.3) is 0 Å². The molecule has 27 heavy (non-hydrogen) atoms. The van der Waals surface area contributed by atoms with Crippen molar-refractivity contribution < 1.29 is 17.9 Å². The first-order chi connectivity index (χ1) is 13.0. The molecule has 2 heterocycles. The van der Waals surface area contributed by atoms with Gasteiger partial charge in [-0.05, 0) is 42.3 Å². The van der Waals surface area contributed by atoms with Crippen LogP contribution < -0.4 is 20.9 Å². The highest BCUT2D eigenvalue weighted by Crippen LogP contribution is 2.21. The number of hydrogen-bond acceptors (Lipinski definition) is 7. The lowest BCUT2D eigenvalue weighted by atomic mass is 10.0. The molecular formula is C18H22N4O4S. The number of carbonyl (C=O) groups excluding carboxylic acids is 1. The molecule has 1 aromatic carbocycles. The van der Waals surface area contributed by atoms with E-state index in [2.05, 4.69) is 21.2 Å². The molecule has 0 radical (unpaired) electrons. The minimum absolute atomic E-state index is 0.0162. The van der Waals surface area contributed by atoms with E-state index in [1.807, 2.05) is 12.1 Å². The van der Waals surface area contributed by atoms with Crippen molar-refractivity contribution in [2.75, 3.05) is 19.4 Å². The number of hydrazine groups is 1. The summed E-state index contributed by atoms with van der Waals surface area (Å²) in [4.78, 5) is 16.6. The van der Waals surface area contributed by atoms with Crippen molar-refractivity contribution >= 4 is 15.7 Å². The monoisotopic (exact) mass is 390 g/mol. The van der Waals surface area contributed by atoms with Crippen LogP contribution in [0.1, 0.15) is 18.0 Å². The van der Waals surface area contributed by atoms with E-state index in [-0.39, 0.29) is 29.1 Å². The van der Waals surface area contributed by atoms with Crippen molar-refractivity contribution in [1.82, 2.24) is 21.2 Å². The Bertz CT molecular complexity index is 872. The van der Waals surface area contributed by atoms with E-state index in [9.17, 15) is 13.2 Å². The molecule has 2 unspecified atom stereocenters. The maximum atomic E-state index is 12.3. The fourth-order valence-electron chi connectivity index (χ4n) is 2.86. The lowest BCUT2D eigenvalue weighted by Gasteiger charge is -2.11. The number of pyridine rings is 1. The van der Waals surface area contributed by atoms with Crippen molar-refractivity contribution in [3.63, 3.8) is 0 Å². The van der Waals surface area contributed by atoms with Gasteiger partial charge in [-0.2, -0.15) is 0 Å². The van der Waals surface area contributed by atoms with Crippen LogP contribution in [0.3, 0.4) is 0 Å².